The number of nitrogens with zero attached hydrogens (tertiary/aromatic N) is 4. The molecule has 0 spiro atoms. The first-order valence-corrected chi connectivity index (χ1v) is 8.27. The van der Waals surface area contributed by atoms with Crippen molar-refractivity contribution < 1.29 is 4.74 Å². The molecular formula is C14H13BrN4OS. The number of ether oxygens (including phenoxy) is 1. The molecule has 5 nitrogen and oxygen atoms in total. The van der Waals surface area contributed by atoms with E-state index in [1.807, 2.05) is 30.3 Å². The van der Waals surface area contributed by atoms with E-state index in [9.17, 15) is 0 Å². The summed E-state index contributed by atoms with van der Waals surface area (Å²) in [5.74, 6) is 0.888. The average molecular weight is 365 g/mol. The maximum absolute atomic E-state index is 8.80. The molecule has 0 atom stereocenters. The highest BCUT2D eigenvalue weighted by Crippen LogP contribution is 2.29. The third-order valence-electron chi connectivity index (χ3n) is 3.35. The summed E-state index contributed by atoms with van der Waals surface area (Å²) in [6.07, 6.45) is 2.08. The molecule has 21 heavy (non-hydrogen) atoms. The van der Waals surface area contributed by atoms with Crippen LogP contribution < -0.4 is 9.64 Å². The maximum Gasteiger partial charge on any atom is 0.219 e. The summed E-state index contributed by atoms with van der Waals surface area (Å²) >= 11 is 4.84. The minimum absolute atomic E-state index is 0.211. The number of para-hydroxylation sites is 1. The molecule has 0 amide bonds. The predicted molar refractivity (Wildman–Crippen MR) is 84.6 cm³/mol. The lowest BCUT2D eigenvalue weighted by atomic mass is 10.1. The summed E-state index contributed by atoms with van der Waals surface area (Å²) in [5.41, 5.74) is 0. The minimum atomic E-state index is 0.211. The Morgan fingerprint density at radius 1 is 1.29 bits per heavy atom. The molecule has 1 fully saturated rings. The first-order chi connectivity index (χ1) is 10.3. The zero-order chi connectivity index (χ0) is 14.7. The summed E-state index contributed by atoms with van der Waals surface area (Å²) in [6, 6.07) is 9.92. The van der Waals surface area contributed by atoms with Crippen molar-refractivity contribution in [2.45, 2.75) is 18.9 Å². The van der Waals surface area contributed by atoms with Crippen LogP contribution in [0.15, 0.2) is 28.7 Å². The molecule has 2 aromatic rings. The third kappa shape index (κ3) is 3.34. The van der Waals surface area contributed by atoms with Crippen molar-refractivity contribution in [2.24, 2.45) is 0 Å². The second-order valence-corrected chi connectivity index (χ2v) is 6.55. The van der Waals surface area contributed by atoms with Crippen LogP contribution in [-0.4, -0.2) is 29.4 Å². The Kier molecular flexibility index (Phi) is 4.36. The first-order valence-electron chi connectivity index (χ1n) is 6.66. The van der Waals surface area contributed by atoms with E-state index in [0.29, 0.717) is 5.01 Å². The quantitative estimate of drug-likeness (QED) is 0.836. The van der Waals surface area contributed by atoms with Gasteiger partial charge in [-0.15, -0.1) is 10.2 Å². The van der Waals surface area contributed by atoms with Gasteiger partial charge in [-0.2, -0.15) is 5.26 Å². The first kappa shape index (κ1) is 14.3. The van der Waals surface area contributed by atoms with E-state index in [1.54, 1.807) is 0 Å². The van der Waals surface area contributed by atoms with Gasteiger partial charge in [0.1, 0.15) is 17.9 Å². The van der Waals surface area contributed by atoms with E-state index >= 15 is 0 Å². The van der Waals surface area contributed by atoms with Crippen LogP contribution in [0.3, 0.4) is 0 Å². The van der Waals surface area contributed by atoms with E-state index in [1.165, 1.54) is 11.3 Å². The largest absolute Gasteiger partial charge is 0.489 e. The number of benzene rings is 1. The molecule has 0 aliphatic carbocycles. The van der Waals surface area contributed by atoms with Crippen LogP contribution in [0.25, 0.3) is 0 Å². The number of hydrogen-bond donors (Lipinski definition) is 0. The molecule has 0 radical (unpaired) electrons. The van der Waals surface area contributed by atoms with Crippen molar-refractivity contribution in [3.05, 3.63) is 33.7 Å². The zero-order valence-electron chi connectivity index (χ0n) is 11.2. The molecule has 0 saturated carbocycles. The Hall–Kier alpha value is -1.65. The van der Waals surface area contributed by atoms with E-state index in [-0.39, 0.29) is 6.10 Å². The van der Waals surface area contributed by atoms with Gasteiger partial charge < -0.3 is 9.64 Å². The number of halogens is 1. The number of aromatic nitrogens is 2. The molecule has 2 heterocycles. The molecule has 0 unspecified atom stereocenters. The van der Waals surface area contributed by atoms with Gasteiger partial charge in [0.05, 0.1) is 4.47 Å². The Labute approximate surface area is 135 Å². The standard InChI is InChI=1S/C14H13BrN4OS/c15-11-3-1-2-4-12(11)20-10-5-7-19(8-6-10)14-18-17-13(9-16)21-14/h1-4,10H,5-8H2. The van der Waals surface area contributed by atoms with Crippen molar-refractivity contribution >= 4 is 32.4 Å². The Morgan fingerprint density at radius 3 is 2.71 bits per heavy atom. The summed E-state index contributed by atoms with van der Waals surface area (Å²) < 4.78 is 7.02. The molecular weight excluding hydrogens is 352 g/mol. The highest BCUT2D eigenvalue weighted by Gasteiger charge is 2.23. The van der Waals surface area contributed by atoms with E-state index < -0.39 is 0 Å². The van der Waals surface area contributed by atoms with Crippen LogP contribution in [0.4, 0.5) is 5.13 Å². The van der Waals surface area contributed by atoms with Crippen molar-refractivity contribution in [3.63, 3.8) is 0 Å². The van der Waals surface area contributed by atoms with Crippen LogP contribution >= 0.6 is 27.3 Å². The Morgan fingerprint density at radius 2 is 2.05 bits per heavy atom. The monoisotopic (exact) mass is 364 g/mol. The minimum Gasteiger partial charge on any atom is -0.489 e. The number of nitriles is 1. The fraction of sp³-hybridized carbons (Fsp3) is 0.357. The SMILES string of the molecule is N#Cc1nnc(N2CCC(Oc3ccccc3Br)CC2)s1. The Bertz CT molecular complexity index is 661. The lowest BCUT2D eigenvalue weighted by Gasteiger charge is -2.31. The molecule has 0 N–H and O–H groups in total. The molecule has 108 valence electrons. The van der Waals surface area contributed by atoms with Gasteiger partial charge in [-0.05, 0) is 28.1 Å². The third-order valence-corrected chi connectivity index (χ3v) is 4.90. The summed E-state index contributed by atoms with van der Waals surface area (Å²) in [6.45, 7) is 1.74. The summed E-state index contributed by atoms with van der Waals surface area (Å²) in [7, 11) is 0. The molecule has 1 aliphatic rings. The van der Waals surface area contributed by atoms with Gasteiger partial charge in [-0.3, -0.25) is 0 Å². The van der Waals surface area contributed by atoms with Crippen LogP contribution in [0, 0.1) is 11.3 Å². The molecule has 1 saturated heterocycles. The average Bonchev–Trinajstić information content (AvgIpc) is 2.99. The molecule has 7 heteroatoms. The fourth-order valence-electron chi connectivity index (χ4n) is 2.27. The van der Waals surface area contributed by atoms with E-state index in [0.717, 1.165) is 41.3 Å². The van der Waals surface area contributed by atoms with Crippen LogP contribution in [-0.2, 0) is 0 Å². The topological polar surface area (TPSA) is 62.0 Å². The predicted octanol–water partition coefficient (Wildman–Crippen LogP) is 3.22. The number of rotatable bonds is 3. The smallest absolute Gasteiger partial charge is 0.219 e. The fourth-order valence-corrected chi connectivity index (χ4v) is 3.35. The second kappa shape index (κ2) is 6.41. The van der Waals surface area contributed by atoms with Crippen LogP contribution in [0.1, 0.15) is 17.8 Å². The van der Waals surface area contributed by atoms with Gasteiger partial charge in [-0.1, -0.05) is 23.5 Å². The van der Waals surface area contributed by atoms with Crippen LogP contribution in [0.2, 0.25) is 0 Å². The van der Waals surface area contributed by atoms with Gasteiger partial charge in [0.25, 0.3) is 0 Å². The normalized spacial score (nSPS) is 15.7. The highest BCUT2D eigenvalue weighted by atomic mass is 79.9. The van der Waals surface area contributed by atoms with Gasteiger partial charge in [-0.25, -0.2) is 0 Å². The number of anilines is 1. The zero-order valence-corrected chi connectivity index (χ0v) is 13.6. The lowest BCUT2D eigenvalue weighted by Crippen LogP contribution is -2.38. The van der Waals surface area contributed by atoms with Crippen LogP contribution in [0.5, 0.6) is 5.75 Å². The molecule has 1 aromatic carbocycles. The van der Waals surface area contributed by atoms with Crippen molar-refractivity contribution in [3.8, 4) is 11.8 Å². The number of piperidine rings is 1. The van der Waals surface area contributed by atoms with Crippen molar-refractivity contribution in [1.29, 1.82) is 5.26 Å². The van der Waals surface area contributed by atoms with Crippen molar-refractivity contribution in [2.75, 3.05) is 18.0 Å². The highest BCUT2D eigenvalue weighted by molar-refractivity contribution is 9.10. The van der Waals surface area contributed by atoms with Gasteiger partial charge in [0.2, 0.25) is 10.1 Å². The lowest BCUT2D eigenvalue weighted by molar-refractivity contribution is 0.170. The van der Waals surface area contributed by atoms with E-state index in [2.05, 4.69) is 31.0 Å². The maximum atomic E-state index is 8.80. The van der Waals surface area contributed by atoms with Gasteiger partial charge in [0.15, 0.2) is 0 Å². The summed E-state index contributed by atoms with van der Waals surface area (Å²) in [5, 5.41) is 17.9. The molecule has 3 rings (SSSR count). The molecule has 0 bridgehead atoms. The molecule has 1 aliphatic heterocycles. The van der Waals surface area contributed by atoms with Crippen molar-refractivity contribution in [1.82, 2.24) is 10.2 Å². The van der Waals surface area contributed by atoms with Gasteiger partial charge >= 0.3 is 0 Å². The van der Waals surface area contributed by atoms with Gasteiger partial charge in [0, 0.05) is 25.9 Å². The molecule has 1 aromatic heterocycles. The second-order valence-electron chi connectivity index (χ2n) is 4.74. The number of hydrogen-bond acceptors (Lipinski definition) is 6. The Balaban J connectivity index is 1.58. The summed E-state index contributed by atoms with van der Waals surface area (Å²) in [4.78, 5) is 2.17. The van der Waals surface area contributed by atoms with E-state index in [4.69, 9.17) is 10.00 Å².